The van der Waals surface area contributed by atoms with Gasteiger partial charge in [0, 0.05) is 25.0 Å². The predicted molar refractivity (Wildman–Crippen MR) is 114 cm³/mol. The minimum absolute atomic E-state index is 0.102. The molecule has 160 valence electrons. The molecule has 1 aromatic carbocycles. The summed E-state index contributed by atoms with van der Waals surface area (Å²) in [6, 6.07) is 11.2. The normalized spacial score (nSPS) is 16.3. The number of anilines is 1. The molecule has 3 amide bonds. The number of nitrogens with one attached hydrogen (secondary N) is 2. The van der Waals surface area contributed by atoms with Crippen LogP contribution in [0.1, 0.15) is 10.5 Å². The van der Waals surface area contributed by atoms with Crippen LogP contribution in [0.2, 0.25) is 5.15 Å². The number of amides is 3. The van der Waals surface area contributed by atoms with Gasteiger partial charge in [0.05, 0.1) is 5.52 Å². The van der Waals surface area contributed by atoms with Crippen molar-refractivity contribution in [2.75, 3.05) is 25.0 Å². The maximum Gasteiger partial charge on any atom is 0.269 e. The van der Waals surface area contributed by atoms with Crippen LogP contribution in [0.15, 0.2) is 42.5 Å². The number of para-hydroxylation sites is 1. The molecule has 2 aromatic heterocycles. The van der Waals surface area contributed by atoms with Crippen LogP contribution in [0.4, 0.5) is 5.82 Å². The van der Waals surface area contributed by atoms with Crippen LogP contribution in [-0.2, 0) is 16.1 Å². The molecule has 1 saturated heterocycles. The van der Waals surface area contributed by atoms with E-state index in [0.29, 0.717) is 36.4 Å². The molecule has 1 fully saturated rings. The molecule has 0 spiro atoms. The third-order valence-electron chi connectivity index (χ3n) is 5.01. The van der Waals surface area contributed by atoms with Crippen molar-refractivity contribution in [2.24, 2.45) is 5.73 Å². The van der Waals surface area contributed by atoms with E-state index in [0.717, 1.165) is 0 Å². The summed E-state index contributed by atoms with van der Waals surface area (Å²) < 4.78 is 1.44. The summed E-state index contributed by atoms with van der Waals surface area (Å²) in [6.45, 7) is 1.07. The smallest absolute Gasteiger partial charge is 0.269 e. The molecule has 31 heavy (non-hydrogen) atoms. The molecule has 0 bridgehead atoms. The Hall–Kier alpha value is -3.50. The lowest BCUT2D eigenvalue weighted by Gasteiger charge is -2.35. The number of halogens is 1. The highest BCUT2D eigenvalue weighted by Crippen LogP contribution is 2.19. The topological polar surface area (TPSA) is 135 Å². The Labute approximate surface area is 182 Å². The second kappa shape index (κ2) is 8.70. The van der Waals surface area contributed by atoms with Gasteiger partial charge in [-0.05, 0) is 18.2 Å². The van der Waals surface area contributed by atoms with E-state index in [-0.39, 0.29) is 29.2 Å². The Morgan fingerprint density at radius 2 is 2.00 bits per heavy atom. The van der Waals surface area contributed by atoms with Crippen molar-refractivity contribution in [3.8, 4) is 0 Å². The van der Waals surface area contributed by atoms with E-state index in [1.54, 1.807) is 42.5 Å². The first-order valence-electron chi connectivity index (χ1n) is 9.63. The van der Waals surface area contributed by atoms with Crippen LogP contribution in [0.3, 0.4) is 0 Å². The molecule has 0 unspecified atom stereocenters. The first-order chi connectivity index (χ1) is 14.9. The Morgan fingerprint density at radius 3 is 2.77 bits per heavy atom. The second-order valence-electron chi connectivity index (χ2n) is 7.03. The first kappa shape index (κ1) is 20.8. The average Bonchev–Trinajstić information content (AvgIpc) is 3.12. The highest BCUT2D eigenvalue weighted by molar-refractivity contribution is 6.29. The van der Waals surface area contributed by atoms with Crippen molar-refractivity contribution >= 4 is 46.0 Å². The number of hydrogen-bond acceptors (Lipinski definition) is 6. The molecule has 0 saturated carbocycles. The number of nitrogens with zero attached hydrogens (tertiary/aromatic N) is 4. The zero-order valence-corrected chi connectivity index (χ0v) is 17.2. The lowest BCUT2D eigenvalue weighted by molar-refractivity contribution is -0.140. The number of hydrogen-bond donors (Lipinski definition) is 3. The van der Waals surface area contributed by atoms with Crippen molar-refractivity contribution in [2.45, 2.75) is 12.6 Å². The summed E-state index contributed by atoms with van der Waals surface area (Å²) in [6.07, 6.45) is 0. The number of benzene rings is 1. The van der Waals surface area contributed by atoms with Crippen LogP contribution in [-0.4, -0.2) is 63.1 Å². The average molecular weight is 442 g/mol. The number of rotatable bonds is 5. The number of piperazine rings is 1. The summed E-state index contributed by atoms with van der Waals surface area (Å²) >= 11 is 5.87. The molecule has 1 aliphatic heterocycles. The van der Waals surface area contributed by atoms with Crippen molar-refractivity contribution in [3.63, 3.8) is 0 Å². The molecule has 10 nitrogen and oxygen atoms in total. The summed E-state index contributed by atoms with van der Waals surface area (Å²) in [5.74, 6) is -1.04. The van der Waals surface area contributed by atoms with Crippen LogP contribution in [0.25, 0.3) is 10.9 Å². The van der Waals surface area contributed by atoms with E-state index in [1.807, 2.05) is 0 Å². The van der Waals surface area contributed by atoms with Gasteiger partial charge in [-0.2, -0.15) is 5.10 Å². The van der Waals surface area contributed by atoms with Crippen LogP contribution in [0.5, 0.6) is 0 Å². The maximum absolute atomic E-state index is 13.1. The highest BCUT2D eigenvalue weighted by atomic mass is 35.5. The first-order valence-corrected chi connectivity index (χ1v) is 10.0. The van der Waals surface area contributed by atoms with Gasteiger partial charge < -0.3 is 21.3 Å². The summed E-state index contributed by atoms with van der Waals surface area (Å²) in [5, 5.41) is 10.9. The van der Waals surface area contributed by atoms with E-state index in [4.69, 9.17) is 17.3 Å². The Balaban J connectivity index is 1.55. The van der Waals surface area contributed by atoms with Crippen LogP contribution < -0.4 is 16.4 Å². The van der Waals surface area contributed by atoms with Gasteiger partial charge in [0.15, 0.2) is 5.69 Å². The van der Waals surface area contributed by atoms with Crippen molar-refractivity contribution in [3.05, 3.63) is 53.3 Å². The number of fused-ring (bicyclic) bond motifs is 1. The fourth-order valence-corrected chi connectivity index (χ4v) is 3.74. The molecular formula is C20H20ClN7O3. The number of aromatic nitrogens is 3. The number of carbonyl (C=O) groups excluding carboxylic acids is 3. The molecule has 4 N–H and O–H groups in total. The molecule has 1 atom stereocenters. The monoisotopic (exact) mass is 441 g/mol. The van der Waals surface area contributed by atoms with Crippen molar-refractivity contribution in [1.82, 2.24) is 25.0 Å². The third-order valence-corrected chi connectivity index (χ3v) is 5.22. The van der Waals surface area contributed by atoms with Crippen molar-refractivity contribution < 1.29 is 14.4 Å². The molecule has 3 heterocycles. The summed E-state index contributed by atoms with van der Waals surface area (Å²) in [4.78, 5) is 43.2. The van der Waals surface area contributed by atoms with Crippen molar-refractivity contribution in [1.29, 1.82) is 0 Å². The van der Waals surface area contributed by atoms with Crippen LogP contribution >= 0.6 is 11.6 Å². The Kier molecular flexibility index (Phi) is 5.83. The van der Waals surface area contributed by atoms with Gasteiger partial charge in [-0.1, -0.05) is 35.9 Å². The van der Waals surface area contributed by atoms with Gasteiger partial charge in [-0.15, -0.1) is 0 Å². The van der Waals surface area contributed by atoms with E-state index in [1.165, 1.54) is 9.58 Å². The van der Waals surface area contributed by atoms with E-state index < -0.39 is 11.9 Å². The van der Waals surface area contributed by atoms with E-state index >= 15 is 0 Å². The lowest BCUT2D eigenvalue weighted by Crippen LogP contribution is -2.59. The third kappa shape index (κ3) is 4.35. The van der Waals surface area contributed by atoms with Gasteiger partial charge in [-0.25, -0.2) is 4.98 Å². The molecule has 4 rings (SSSR count). The van der Waals surface area contributed by atoms with Gasteiger partial charge in [0.1, 0.15) is 23.6 Å². The molecule has 11 heteroatoms. The Morgan fingerprint density at radius 1 is 1.19 bits per heavy atom. The van der Waals surface area contributed by atoms with Gasteiger partial charge in [0.25, 0.3) is 5.91 Å². The SMILES string of the molecule is NC(=O)c1nn(CC(=O)N2CCNC[C@H]2C(=O)Nc2cccc(Cl)n2)c2ccccc12. The molecule has 0 aliphatic carbocycles. The fraction of sp³-hybridized carbons (Fsp3) is 0.250. The standard InChI is InChI=1S/C20H20ClN7O3/c21-15-6-3-7-16(24-15)25-20(31)14-10-23-8-9-27(14)17(29)11-28-13-5-2-1-4-12(13)18(26-28)19(22)30/h1-7,14,23H,8-11H2,(H2,22,30)(H,24,25,31)/t14-/m0/s1. The number of carbonyl (C=O) groups is 3. The zero-order valence-electron chi connectivity index (χ0n) is 16.4. The van der Waals surface area contributed by atoms with E-state index in [9.17, 15) is 14.4 Å². The second-order valence-corrected chi connectivity index (χ2v) is 7.42. The van der Waals surface area contributed by atoms with E-state index in [2.05, 4.69) is 20.7 Å². The predicted octanol–water partition coefficient (Wildman–Crippen LogP) is 0.623. The summed E-state index contributed by atoms with van der Waals surface area (Å²) in [5.41, 5.74) is 6.14. The van der Waals surface area contributed by atoms with Gasteiger partial charge >= 0.3 is 0 Å². The number of primary amides is 1. The fourth-order valence-electron chi connectivity index (χ4n) is 3.57. The molecule has 0 radical (unpaired) electrons. The number of pyridine rings is 1. The largest absolute Gasteiger partial charge is 0.364 e. The van der Waals surface area contributed by atoms with Crippen LogP contribution in [0, 0.1) is 0 Å². The zero-order chi connectivity index (χ0) is 22.0. The minimum Gasteiger partial charge on any atom is -0.364 e. The maximum atomic E-state index is 13.1. The molecule has 1 aliphatic rings. The highest BCUT2D eigenvalue weighted by Gasteiger charge is 2.33. The number of nitrogens with two attached hydrogens (primary N) is 1. The lowest BCUT2D eigenvalue weighted by atomic mass is 10.1. The van der Waals surface area contributed by atoms with Gasteiger partial charge in [-0.3, -0.25) is 19.1 Å². The van der Waals surface area contributed by atoms with Gasteiger partial charge in [0.2, 0.25) is 11.8 Å². The minimum atomic E-state index is -0.737. The summed E-state index contributed by atoms with van der Waals surface area (Å²) in [7, 11) is 0. The molecule has 3 aromatic rings. The Bertz CT molecular complexity index is 1160. The molecular weight excluding hydrogens is 422 g/mol. The quantitative estimate of drug-likeness (QED) is 0.497.